The zero-order valence-corrected chi connectivity index (χ0v) is 11.9. The highest BCUT2D eigenvalue weighted by atomic mass is 14.2. The van der Waals surface area contributed by atoms with E-state index < -0.39 is 0 Å². The van der Waals surface area contributed by atoms with Crippen molar-refractivity contribution >= 4 is 0 Å². The van der Waals surface area contributed by atoms with Gasteiger partial charge in [0.05, 0.1) is 0 Å². The van der Waals surface area contributed by atoms with Crippen molar-refractivity contribution in [3.8, 4) is 0 Å². The summed E-state index contributed by atoms with van der Waals surface area (Å²) in [5.74, 6) is 2.34. The van der Waals surface area contributed by atoms with Crippen molar-refractivity contribution < 1.29 is 0 Å². The molecular weight excluding hydrogens is 204 g/mol. The van der Waals surface area contributed by atoms with Crippen LogP contribution in [0.15, 0.2) is 30.3 Å². The molecule has 0 aliphatic heterocycles. The monoisotopic (exact) mass is 232 g/mol. The minimum atomic E-state index is 0.690. The topological polar surface area (TPSA) is 0 Å². The largest absolute Gasteiger partial charge is 0.0628 e. The fourth-order valence-corrected chi connectivity index (χ4v) is 2.35. The van der Waals surface area contributed by atoms with E-state index in [1.54, 1.807) is 0 Å². The number of hydrogen-bond donors (Lipinski definition) is 0. The highest BCUT2D eigenvalue weighted by molar-refractivity contribution is 5.19. The van der Waals surface area contributed by atoms with E-state index in [4.69, 9.17) is 0 Å². The van der Waals surface area contributed by atoms with E-state index >= 15 is 0 Å². The smallest absolute Gasteiger partial charge is 0.0165 e. The van der Waals surface area contributed by atoms with Crippen LogP contribution in [0.5, 0.6) is 0 Å². The van der Waals surface area contributed by atoms with Crippen molar-refractivity contribution in [3.05, 3.63) is 35.9 Å². The first kappa shape index (κ1) is 14.3. The summed E-state index contributed by atoms with van der Waals surface area (Å²) >= 11 is 0. The van der Waals surface area contributed by atoms with Gasteiger partial charge in [-0.25, -0.2) is 0 Å². The Labute approximate surface area is 107 Å². The molecule has 0 N–H and O–H groups in total. The van der Waals surface area contributed by atoms with Crippen molar-refractivity contribution in [1.29, 1.82) is 0 Å². The summed E-state index contributed by atoms with van der Waals surface area (Å²) < 4.78 is 0. The fourth-order valence-electron chi connectivity index (χ4n) is 2.35. The Balaban J connectivity index is 2.30. The molecule has 0 heteroatoms. The molecule has 0 fully saturated rings. The molecule has 1 rings (SSSR count). The average Bonchev–Trinajstić information content (AvgIpc) is 2.34. The Morgan fingerprint density at radius 2 is 1.41 bits per heavy atom. The van der Waals surface area contributed by atoms with E-state index in [2.05, 4.69) is 58.0 Å². The van der Waals surface area contributed by atoms with Gasteiger partial charge in [0, 0.05) is 0 Å². The minimum Gasteiger partial charge on any atom is -0.0628 e. The lowest BCUT2D eigenvalue weighted by Gasteiger charge is -2.20. The van der Waals surface area contributed by atoms with E-state index in [9.17, 15) is 0 Å². The van der Waals surface area contributed by atoms with Gasteiger partial charge in [0.15, 0.2) is 0 Å². The molecule has 0 saturated carbocycles. The summed E-state index contributed by atoms with van der Waals surface area (Å²) in [6.07, 6.45) is 5.52. The first-order chi connectivity index (χ1) is 8.11. The first-order valence-corrected chi connectivity index (χ1v) is 7.16. The second-order valence-corrected chi connectivity index (χ2v) is 5.85. The Kier molecular flexibility index (Phi) is 6.32. The summed E-state index contributed by atoms with van der Waals surface area (Å²) in [6.45, 7) is 9.39. The Morgan fingerprint density at radius 1 is 0.824 bits per heavy atom. The summed E-state index contributed by atoms with van der Waals surface area (Å²) in [6, 6.07) is 10.9. The molecule has 0 nitrogen and oxygen atoms in total. The van der Waals surface area contributed by atoms with Crippen molar-refractivity contribution in [3.63, 3.8) is 0 Å². The molecular formula is C17H28. The number of hydrogen-bond acceptors (Lipinski definition) is 0. The highest BCUT2D eigenvalue weighted by Crippen LogP contribution is 2.28. The summed E-state index contributed by atoms with van der Waals surface area (Å²) in [7, 11) is 0. The Bertz CT molecular complexity index is 286. The van der Waals surface area contributed by atoms with Crippen molar-refractivity contribution in [2.45, 2.75) is 59.3 Å². The van der Waals surface area contributed by atoms with Crippen LogP contribution in [0.1, 0.15) is 64.9 Å². The molecule has 0 amide bonds. The van der Waals surface area contributed by atoms with Crippen LogP contribution in [-0.4, -0.2) is 0 Å². The van der Waals surface area contributed by atoms with Gasteiger partial charge in [-0.05, 0) is 23.3 Å². The molecule has 0 aliphatic rings. The van der Waals surface area contributed by atoms with Crippen LogP contribution in [-0.2, 0) is 0 Å². The maximum Gasteiger partial charge on any atom is -0.0165 e. The molecule has 0 bridgehead atoms. The molecule has 0 spiro atoms. The third-order valence-electron chi connectivity index (χ3n) is 3.87. The van der Waals surface area contributed by atoms with Gasteiger partial charge in [-0.3, -0.25) is 0 Å². The minimum absolute atomic E-state index is 0.690. The third kappa shape index (κ3) is 5.39. The molecule has 0 radical (unpaired) electrons. The van der Waals surface area contributed by atoms with Crippen molar-refractivity contribution in [1.82, 2.24) is 0 Å². The van der Waals surface area contributed by atoms with Crippen LogP contribution in [0.25, 0.3) is 0 Å². The van der Waals surface area contributed by atoms with Gasteiger partial charge in [-0.2, -0.15) is 0 Å². The summed E-state index contributed by atoms with van der Waals surface area (Å²) in [5.41, 5.74) is 1.49. The Morgan fingerprint density at radius 3 is 2.00 bits per heavy atom. The van der Waals surface area contributed by atoms with Crippen LogP contribution >= 0.6 is 0 Å². The lowest BCUT2D eigenvalue weighted by Crippen LogP contribution is -2.06. The normalized spacial score (nSPS) is 14.9. The van der Waals surface area contributed by atoms with Gasteiger partial charge in [0.2, 0.25) is 0 Å². The number of rotatable bonds is 7. The molecule has 0 aliphatic carbocycles. The second kappa shape index (κ2) is 7.53. The zero-order valence-electron chi connectivity index (χ0n) is 11.9. The van der Waals surface area contributed by atoms with E-state index in [0.29, 0.717) is 5.92 Å². The predicted octanol–water partition coefficient (Wildman–Crippen LogP) is 5.64. The Hall–Kier alpha value is -0.780. The molecule has 96 valence electrons. The number of benzene rings is 1. The van der Waals surface area contributed by atoms with Gasteiger partial charge in [0.1, 0.15) is 0 Å². The molecule has 1 aromatic carbocycles. The first-order valence-electron chi connectivity index (χ1n) is 7.16. The lowest BCUT2D eigenvalue weighted by atomic mass is 9.85. The van der Waals surface area contributed by atoms with Crippen molar-refractivity contribution in [2.24, 2.45) is 11.8 Å². The van der Waals surface area contributed by atoms with E-state index in [0.717, 1.165) is 11.8 Å². The molecule has 17 heavy (non-hydrogen) atoms. The fraction of sp³-hybridized carbons (Fsp3) is 0.647. The summed E-state index contributed by atoms with van der Waals surface area (Å²) in [4.78, 5) is 0. The van der Waals surface area contributed by atoms with Gasteiger partial charge in [0.25, 0.3) is 0 Å². The molecule has 2 atom stereocenters. The zero-order chi connectivity index (χ0) is 12.7. The summed E-state index contributed by atoms with van der Waals surface area (Å²) in [5, 5.41) is 0. The highest BCUT2D eigenvalue weighted by Gasteiger charge is 2.13. The van der Waals surface area contributed by atoms with Gasteiger partial charge >= 0.3 is 0 Å². The van der Waals surface area contributed by atoms with Crippen LogP contribution in [0.3, 0.4) is 0 Å². The SMILES string of the molecule is CC(C)CCCCC(C)C(C)c1ccccc1. The van der Waals surface area contributed by atoms with E-state index in [-0.39, 0.29) is 0 Å². The maximum absolute atomic E-state index is 2.40. The van der Waals surface area contributed by atoms with E-state index in [1.807, 2.05) is 0 Å². The van der Waals surface area contributed by atoms with Crippen LogP contribution < -0.4 is 0 Å². The predicted molar refractivity (Wildman–Crippen MR) is 77.3 cm³/mol. The van der Waals surface area contributed by atoms with Crippen LogP contribution in [0.2, 0.25) is 0 Å². The van der Waals surface area contributed by atoms with Gasteiger partial charge < -0.3 is 0 Å². The molecule has 0 saturated heterocycles. The molecule has 0 aromatic heterocycles. The van der Waals surface area contributed by atoms with Crippen LogP contribution in [0.4, 0.5) is 0 Å². The average molecular weight is 232 g/mol. The molecule has 2 unspecified atom stereocenters. The second-order valence-electron chi connectivity index (χ2n) is 5.85. The standard InChI is InChI=1S/C17H28/c1-14(2)10-8-9-11-15(3)16(4)17-12-6-5-7-13-17/h5-7,12-16H,8-11H2,1-4H3. The quantitative estimate of drug-likeness (QED) is 0.533. The molecule has 0 heterocycles. The van der Waals surface area contributed by atoms with Gasteiger partial charge in [-0.15, -0.1) is 0 Å². The lowest BCUT2D eigenvalue weighted by molar-refractivity contribution is 0.416. The van der Waals surface area contributed by atoms with Gasteiger partial charge in [-0.1, -0.05) is 83.7 Å². The van der Waals surface area contributed by atoms with Crippen LogP contribution in [0, 0.1) is 11.8 Å². The number of unbranched alkanes of at least 4 members (excludes halogenated alkanes) is 1. The van der Waals surface area contributed by atoms with Crippen molar-refractivity contribution in [2.75, 3.05) is 0 Å². The van der Waals surface area contributed by atoms with E-state index in [1.165, 1.54) is 31.2 Å². The third-order valence-corrected chi connectivity index (χ3v) is 3.87. The maximum atomic E-state index is 2.40. The molecule has 1 aromatic rings.